The highest BCUT2D eigenvalue weighted by Gasteiger charge is 2.37. The van der Waals surface area contributed by atoms with Crippen molar-refractivity contribution in [2.75, 3.05) is 18.6 Å². The Morgan fingerprint density at radius 2 is 1.79 bits per heavy atom. The molecule has 0 saturated carbocycles. The number of carbonyl (C=O) groups excluding carboxylic acids is 1. The van der Waals surface area contributed by atoms with Crippen LogP contribution in [0.1, 0.15) is 17.5 Å². The lowest BCUT2D eigenvalue weighted by Crippen LogP contribution is -2.49. The molecule has 1 N–H and O–H groups in total. The minimum absolute atomic E-state index is 0.0448. The lowest BCUT2D eigenvalue weighted by molar-refractivity contribution is -0.125. The summed E-state index contributed by atoms with van der Waals surface area (Å²) in [5.74, 6) is -4.29. The molecule has 1 amide bonds. The number of aliphatic hydroxyl groups is 1. The smallest absolute Gasteiger partial charge is 0.232 e. The molecule has 1 aliphatic heterocycles. The highest BCUT2D eigenvalue weighted by Crippen LogP contribution is 2.29. The van der Waals surface area contributed by atoms with E-state index in [1.54, 1.807) is 30.0 Å². The van der Waals surface area contributed by atoms with Gasteiger partial charge in [-0.15, -0.1) is 5.10 Å². The molecule has 9 nitrogen and oxygen atoms in total. The zero-order chi connectivity index (χ0) is 26.8. The second kappa shape index (κ2) is 10.6. The fourth-order valence-electron chi connectivity index (χ4n) is 4.47. The van der Waals surface area contributed by atoms with Gasteiger partial charge in [0.2, 0.25) is 11.9 Å². The van der Waals surface area contributed by atoms with Gasteiger partial charge in [0.25, 0.3) is 0 Å². The van der Waals surface area contributed by atoms with Crippen molar-refractivity contribution in [2.24, 2.45) is 5.92 Å². The highest BCUT2D eigenvalue weighted by atomic mass is 19.2. The van der Waals surface area contributed by atoms with Crippen molar-refractivity contribution in [3.63, 3.8) is 0 Å². The van der Waals surface area contributed by atoms with Crippen LogP contribution in [0.5, 0.6) is 5.75 Å². The van der Waals surface area contributed by atoms with Crippen molar-refractivity contribution in [3.05, 3.63) is 83.4 Å². The number of piperidine rings is 1. The Labute approximate surface area is 215 Å². The third-order valence-corrected chi connectivity index (χ3v) is 6.32. The number of carbonyl (C=O) groups is 1. The molecule has 1 fully saturated rings. The molecule has 38 heavy (non-hydrogen) atoms. The van der Waals surface area contributed by atoms with Gasteiger partial charge in [0, 0.05) is 11.5 Å². The number of ether oxygens (including phenoxy) is 1. The molecular weight excluding hydrogens is 501 g/mol. The van der Waals surface area contributed by atoms with Crippen molar-refractivity contribution in [2.45, 2.75) is 25.5 Å². The first-order valence-corrected chi connectivity index (χ1v) is 11.8. The van der Waals surface area contributed by atoms with Gasteiger partial charge in [-0.05, 0) is 54.3 Å². The minimum Gasteiger partial charge on any atom is -0.497 e. The Balaban J connectivity index is 1.49. The number of rotatable bonds is 7. The van der Waals surface area contributed by atoms with Gasteiger partial charge in [-0.2, -0.15) is 15.2 Å². The first-order valence-electron chi connectivity index (χ1n) is 11.8. The molecular formula is C26H23F3N6O3. The number of hydrogen-bond donors (Lipinski definition) is 1. The van der Waals surface area contributed by atoms with E-state index in [0.717, 1.165) is 17.7 Å². The molecule has 4 aromatic rings. The van der Waals surface area contributed by atoms with Gasteiger partial charge in [0.05, 0.1) is 38.7 Å². The predicted molar refractivity (Wildman–Crippen MR) is 130 cm³/mol. The van der Waals surface area contributed by atoms with Crippen molar-refractivity contribution in [3.8, 4) is 17.1 Å². The number of aliphatic hydroxyl groups excluding tert-OH is 1. The summed E-state index contributed by atoms with van der Waals surface area (Å²) >= 11 is 0. The van der Waals surface area contributed by atoms with E-state index in [0.29, 0.717) is 17.1 Å². The molecule has 196 valence electrons. The van der Waals surface area contributed by atoms with E-state index >= 15 is 0 Å². The highest BCUT2D eigenvalue weighted by molar-refractivity contribution is 5.94. The third-order valence-electron chi connectivity index (χ3n) is 6.32. The van der Waals surface area contributed by atoms with Crippen LogP contribution in [0.4, 0.5) is 19.1 Å². The molecule has 5 rings (SSSR count). The van der Waals surface area contributed by atoms with Crippen LogP contribution in [-0.4, -0.2) is 55.7 Å². The monoisotopic (exact) mass is 524 g/mol. The number of nitrogens with zero attached hydrogens (tertiary/aromatic N) is 6. The number of benzene rings is 2. The molecule has 1 aliphatic rings. The van der Waals surface area contributed by atoms with Crippen LogP contribution < -0.4 is 9.64 Å². The predicted octanol–water partition coefficient (Wildman–Crippen LogP) is 3.17. The van der Waals surface area contributed by atoms with Crippen LogP contribution in [0.25, 0.3) is 11.4 Å². The maximum atomic E-state index is 13.8. The van der Waals surface area contributed by atoms with Crippen LogP contribution in [-0.2, 0) is 17.8 Å². The van der Waals surface area contributed by atoms with Gasteiger partial charge in [-0.1, -0.05) is 12.1 Å². The van der Waals surface area contributed by atoms with Gasteiger partial charge in [0.15, 0.2) is 23.3 Å². The van der Waals surface area contributed by atoms with Crippen molar-refractivity contribution >= 4 is 11.9 Å². The van der Waals surface area contributed by atoms with Gasteiger partial charge < -0.3 is 9.84 Å². The van der Waals surface area contributed by atoms with Crippen LogP contribution in [0.3, 0.4) is 0 Å². The summed E-state index contributed by atoms with van der Waals surface area (Å²) in [6, 6.07) is 10.7. The van der Waals surface area contributed by atoms with Gasteiger partial charge in [0.1, 0.15) is 5.75 Å². The molecule has 0 radical (unpaired) electrons. The number of anilines is 1. The van der Waals surface area contributed by atoms with Crippen molar-refractivity contribution in [1.82, 2.24) is 25.0 Å². The van der Waals surface area contributed by atoms with E-state index in [-0.39, 0.29) is 37.4 Å². The molecule has 0 aliphatic carbocycles. The van der Waals surface area contributed by atoms with Gasteiger partial charge >= 0.3 is 0 Å². The summed E-state index contributed by atoms with van der Waals surface area (Å²) < 4.78 is 47.7. The molecule has 12 heteroatoms. The number of amides is 1. The Morgan fingerprint density at radius 3 is 2.45 bits per heavy atom. The second-order valence-corrected chi connectivity index (χ2v) is 8.99. The van der Waals surface area contributed by atoms with Crippen LogP contribution in [0.15, 0.2) is 54.9 Å². The minimum atomic E-state index is -1.57. The van der Waals surface area contributed by atoms with E-state index in [2.05, 4.69) is 20.3 Å². The quantitative estimate of drug-likeness (QED) is 0.370. The Morgan fingerprint density at radius 1 is 1.05 bits per heavy atom. The fourth-order valence-corrected chi connectivity index (χ4v) is 4.47. The molecule has 0 spiro atoms. The maximum Gasteiger partial charge on any atom is 0.232 e. The van der Waals surface area contributed by atoms with Gasteiger partial charge in [-0.3, -0.25) is 9.69 Å². The summed E-state index contributed by atoms with van der Waals surface area (Å²) in [6.45, 7) is 0.209. The first-order chi connectivity index (χ1) is 18.3. The average Bonchev–Trinajstić information content (AvgIpc) is 3.33. The van der Waals surface area contributed by atoms with Crippen LogP contribution >= 0.6 is 0 Å². The SMILES string of the molecule is COc1ccc(Cn2nc(-c3ccnnc3)nc2N2CC(O)CC(Cc3cc(F)c(F)c(F)c3)C2=O)cc1. The largest absolute Gasteiger partial charge is 0.497 e. The molecule has 1 saturated heterocycles. The molecule has 2 aromatic heterocycles. The normalized spacial score (nSPS) is 17.6. The Hall–Kier alpha value is -4.32. The molecule has 2 unspecified atom stereocenters. The van der Waals surface area contributed by atoms with E-state index in [1.807, 2.05) is 12.1 Å². The summed E-state index contributed by atoms with van der Waals surface area (Å²) in [5.41, 5.74) is 1.54. The molecule has 2 atom stereocenters. The van der Waals surface area contributed by atoms with Crippen LogP contribution in [0, 0.1) is 23.4 Å². The third kappa shape index (κ3) is 5.21. The zero-order valence-electron chi connectivity index (χ0n) is 20.3. The lowest BCUT2D eigenvalue weighted by Gasteiger charge is -2.34. The summed E-state index contributed by atoms with van der Waals surface area (Å²) in [5, 5.41) is 22.8. The van der Waals surface area contributed by atoms with E-state index in [9.17, 15) is 23.1 Å². The second-order valence-electron chi connectivity index (χ2n) is 8.99. The number of hydrogen-bond acceptors (Lipinski definition) is 7. The maximum absolute atomic E-state index is 13.8. The number of aromatic nitrogens is 5. The van der Waals surface area contributed by atoms with Crippen molar-refractivity contribution in [1.29, 1.82) is 0 Å². The lowest BCUT2D eigenvalue weighted by atomic mass is 9.89. The summed E-state index contributed by atoms with van der Waals surface area (Å²) in [4.78, 5) is 19.5. The average molecular weight is 525 g/mol. The van der Waals surface area contributed by atoms with Crippen molar-refractivity contribution < 1.29 is 27.8 Å². The van der Waals surface area contributed by atoms with Gasteiger partial charge in [-0.25, -0.2) is 17.9 Å². The summed E-state index contributed by atoms with van der Waals surface area (Å²) in [7, 11) is 1.57. The Kier molecular flexibility index (Phi) is 7.05. The molecule has 0 bridgehead atoms. The molecule has 2 aromatic carbocycles. The number of β-amino-alcohol motifs (C(OH)–C–C–N with tert-alkyl or cyclic N) is 1. The number of methoxy groups -OCH3 is 1. The first kappa shape index (κ1) is 25.3. The Bertz CT molecular complexity index is 1430. The topological polar surface area (TPSA) is 106 Å². The fraction of sp³-hybridized carbons (Fsp3) is 0.269. The molecule has 3 heterocycles. The van der Waals surface area contributed by atoms with E-state index in [4.69, 9.17) is 4.74 Å². The summed E-state index contributed by atoms with van der Waals surface area (Å²) in [6.07, 6.45) is 2.04. The standard InChI is InChI=1S/C26H23F3N6O3/c1-38-20-4-2-15(3-5-20)13-35-26(32-24(33-35)17-6-7-30-31-12-17)34-14-19(36)11-18(25(34)37)8-16-9-21(27)23(29)22(28)10-16/h2-7,9-10,12,18-19,36H,8,11,13-14H2,1H3. The van der Waals surface area contributed by atoms with Crippen LogP contribution in [0.2, 0.25) is 0 Å². The number of halogens is 3. The van der Waals surface area contributed by atoms with E-state index in [1.165, 1.54) is 17.3 Å². The zero-order valence-corrected chi connectivity index (χ0v) is 20.3. The van der Waals surface area contributed by atoms with E-state index < -0.39 is 35.4 Å².